The van der Waals surface area contributed by atoms with Crippen molar-refractivity contribution in [1.29, 1.82) is 5.26 Å². The van der Waals surface area contributed by atoms with Gasteiger partial charge in [-0.15, -0.1) is 0 Å². The number of benzene rings is 2. The summed E-state index contributed by atoms with van der Waals surface area (Å²) in [6.07, 6.45) is 1.91. The Balaban J connectivity index is 1.81. The number of hydrogen-bond acceptors (Lipinski definition) is 4. The number of amides is 1. The van der Waals surface area contributed by atoms with Crippen molar-refractivity contribution in [3.8, 4) is 11.8 Å². The molecule has 0 saturated carbocycles. The van der Waals surface area contributed by atoms with Gasteiger partial charge in [-0.1, -0.05) is 24.3 Å². The molecule has 128 valence electrons. The van der Waals surface area contributed by atoms with Gasteiger partial charge in [0.1, 0.15) is 23.2 Å². The highest BCUT2D eigenvalue weighted by atomic mass is 19.1. The van der Waals surface area contributed by atoms with Gasteiger partial charge in [0.15, 0.2) is 0 Å². The van der Waals surface area contributed by atoms with Gasteiger partial charge in [0, 0.05) is 19.3 Å². The lowest BCUT2D eigenvalue weighted by molar-refractivity contribution is -0.117. The van der Waals surface area contributed by atoms with Gasteiger partial charge in [-0.2, -0.15) is 5.26 Å². The maximum absolute atomic E-state index is 13.1. The summed E-state index contributed by atoms with van der Waals surface area (Å²) in [5.74, 6) is -0.629. The van der Waals surface area contributed by atoms with E-state index < -0.39 is 5.91 Å². The lowest BCUT2D eigenvalue weighted by Gasteiger charge is -2.06. The second kappa shape index (κ2) is 9.08. The molecule has 0 heterocycles. The number of aromatic hydroxyl groups is 1. The predicted molar refractivity (Wildman–Crippen MR) is 91.8 cm³/mol. The zero-order valence-electron chi connectivity index (χ0n) is 13.5. The van der Waals surface area contributed by atoms with Crippen LogP contribution in [0, 0.1) is 17.1 Å². The van der Waals surface area contributed by atoms with Gasteiger partial charge in [0.2, 0.25) is 0 Å². The average molecular weight is 339 g/mol. The lowest BCUT2D eigenvalue weighted by atomic mass is 10.1. The normalized spacial score (nSPS) is 10.8. The Hall–Kier alpha value is -3.33. The third-order valence-electron chi connectivity index (χ3n) is 3.44. The molecule has 0 aromatic heterocycles. The summed E-state index contributed by atoms with van der Waals surface area (Å²) in [4.78, 5) is 12.0. The molecule has 0 aliphatic carbocycles. The predicted octanol–water partition coefficient (Wildman–Crippen LogP) is 2.39. The van der Waals surface area contributed by atoms with Crippen LogP contribution in [0.4, 0.5) is 4.39 Å². The van der Waals surface area contributed by atoms with Gasteiger partial charge < -0.3 is 15.7 Å². The smallest absolute Gasteiger partial charge is 0.263 e. The van der Waals surface area contributed by atoms with E-state index in [9.17, 15) is 14.3 Å². The van der Waals surface area contributed by atoms with Crippen LogP contribution in [0.1, 0.15) is 11.1 Å². The molecule has 0 aliphatic heterocycles. The molecule has 0 saturated heterocycles. The van der Waals surface area contributed by atoms with Gasteiger partial charge in [-0.3, -0.25) is 4.79 Å². The van der Waals surface area contributed by atoms with Crippen molar-refractivity contribution in [2.24, 2.45) is 0 Å². The van der Waals surface area contributed by atoms with E-state index in [1.807, 2.05) is 6.07 Å². The molecular weight excluding hydrogens is 321 g/mol. The van der Waals surface area contributed by atoms with Gasteiger partial charge in [0.05, 0.1) is 0 Å². The molecule has 5 nitrogen and oxygen atoms in total. The summed E-state index contributed by atoms with van der Waals surface area (Å²) in [5.41, 5.74) is 1.62. The van der Waals surface area contributed by atoms with Crippen molar-refractivity contribution < 1.29 is 14.3 Å². The van der Waals surface area contributed by atoms with Gasteiger partial charge in [-0.25, -0.2) is 4.39 Å². The molecule has 6 heteroatoms. The van der Waals surface area contributed by atoms with E-state index in [1.54, 1.807) is 36.4 Å². The molecule has 25 heavy (non-hydrogen) atoms. The number of nitrogens with zero attached hydrogens (tertiary/aromatic N) is 1. The SMILES string of the molecule is N#C/C(=C/NCc1cccc(F)c1)C(=O)NCCc1ccc(O)cc1. The Labute approximate surface area is 145 Å². The van der Waals surface area contributed by atoms with Crippen LogP contribution in [0.25, 0.3) is 0 Å². The number of carbonyl (C=O) groups is 1. The van der Waals surface area contributed by atoms with Crippen molar-refractivity contribution >= 4 is 5.91 Å². The van der Waals surface area contributed by atoms with Gasteiger partial charge in [0.25, 0.3) is 5.91 Å². The first-order valence-electron chi connectivity index (χ1n) is 7.72. The fourth-order valence-electron chi connectivity index (χ4n) is 2.14. The highest BCUT2D eigenvalue weighted by Crippen LogP contribution is 2.09. The minimum atomic E-state index is -0.479. The van der Waals surface area contributed by atoms with Crippen molar-refractivity contribution in [2.75, 3.05) is 6.54 Å². The molecule has 3 N–H and O–H groups in total. The standard InChI is InChI=1S/C19H18FN3O2/c20-17-3-1-2-15(10-17)12-22-13-16(11-21)19(25)23-9-8-14-4-6-18(24)7-5-14/h1-7,10,13,22,24H,8-9,12H2,(H,23,25)/b16-13-. The van der Waals surface area contributed by atoms with Crippen LogP contribution < -0.4 is 10.6 Å². The van der Waals surface area contributed by atoms with E-state index in [0.29, 0.717) is 25.1 Å². The van der Waals surface area contributed by atoms with E-state index in [4.69, 9.17) is 5.26 Å². The number of nitriles is 1. The summed E-state index contributed by atoms with van der Waals surface area (Å²) >= 11 is 0. The molecule has 2 aromatic carbocycles. The molecule has 0 bridgehead atoms. The van der Waals surface area contributed by atoms with Crippen LogP contribution in [0.15, 0.2) is 60.3 Å². The van der Waals surface area contributed by atoms with Crippen LogP contribution in [0.3, 0.4) is 0 Å². The van der Waals surface area contributed by atoms with Crippen molar-refractivity contribution in [3.63, 3.8) is 0 Å². The van der Waals surface area contributed by atoms with Gasteiger partial charge in [-0.05, 0) is 41.8 Å². The lowest BCUT2D eigenvalue weighted by Crippen LogP contribution is -2.27. The first-order chi connectivity index (χ1) is 12.1. The molecule has 2 aromatic rings. The van der Waals surface area contributed by atoms with E-state index in [2.05, 4.69) is 10.6 Å². The summed E-state index contributed by atoms with van der Waals surface area (Å²) in [6.45, 7) is 0.677. The van der Waals surface area contributed by atoms with E-state index in [1.165, 1.54) is 18.3 Å². The molecule has 1 amide bonds. The van der Waals surface area contributed by atoms with E-state index in [0.717, 1.165) is 5.56 Å². The average Bonchev–Trinajstić information content (AvgIpc) is 2.60. The highest BCUT2D eigenvalue weighted by molar-refractivity contribution is 5.97. The van der Waals surface area contributed by atoms with Crippen LogP contribution in [-0.4, -0.2) is 17.6 Å². The monoisotopic (exact) mass is 339 g/mol. The molecule has 0 unspecified atom stereocenters. The number of phenolic OH excluding ortho intramolecular Hbond substituents is 1. The molecule has 0 radical (unpaired) electrons. The molecule has 0 spiro atoms. The minimum Gasteiger partial charge on any atom is -0.508 e. The second-order valence-electron chi connectivity index (χ2n) is 5.35. The van der Waals surface area contributed by atoms with Crippen LogP contribution in [0.5, 0.6) is 5.75 Å². The molecule has 2 rings (SSSR count). The Kier molecular flexibility index (Phi) is 6.55. The minimum absolute atomic E-state index is 0.0536. The van der Waals surface area contributed by atoms with Crippen molar-refractivity contribution in [1.82, 2.24) is 10.6 Å². The third kappa shape index (κ3) is 5.99. The fraction of sp³-hybridized carbons (Fsp3) is 0.158. The van der Waals surface area contributed by atoms with E-state index >= 15 is 0 Å². The Morgan fingerprint density at radius 2 is 1.96 bits per heavy atom. The Bertz CT molecular complexity index is 795. The maximum atomic E-state index is 13.1. The van der Waals surface area contributed by atoms with Gasteiger partial charge >= 0.3 is 0 Å². The number of rotatable bonds is 7. The summed E-state index contributed by atoms with van der Waals surface area (Å²) in [6, 6.07) is 14.6. The number of nitrogens with one attached hydrogen (secondary N) is 2. The van der Waals surface area contributed by atoms with Crippen molar-refractivity contribution in [3.05, 3.63) is 77.2 Å². The maximum Gasteiger partial charge on any atom is 0.263 e. The summed E-state index contributed by atoms with van der Waals surface area (Å²) in [7, 11) is 0. The van der Waals surface area contributed by atoms with Crippen LogP contribution in [0.2, 0.25) is 0 Å². The van der Waals surface area contributed by atoms with E-state index in [-0.39, 0.29) is 17.1 Å². The second-order valence-corrected chi connectivity index (χ2v) is 5.35. The first-order valence-corrected chi connectivity index (χ1v) is 7.72. The number of halogens is 1. The fourth-order valence-corrected chi connectivity index (χ4v) is 2.14. The zero-order chi connectivity index (χ0) is 18.1. The summed E-state index contributed by atoms with van der Waals surface area (Å²) in [5, 5.41) is 23.8. The summed E-state index contributed by atoms with van der Waals surface area (Å²) < 4.78 is 13.1. The topological polar surface area (TPSA) is 85.2 Å². The molecule has 0 aliphatic rings. The Morgan fingerprint density at radius 1 is 1.20 bits per heavy atom. The third-order valence-corrected chi connectivity index (χ3v) is 3.44. The van der Waals surface area contributed by atoms with Crippen LogP contribution in [-0.2, 0) is 17.8 Å². The van der Waals surface area contributed by atoms with Crippen molar-refractivity contribution in [2.45, 2.75) is 13.0 Å². The highest BCUT2D eigenvalue weighted by Gasteiger charge is 2.08. The molecule has 0 atom stereocenters. The first kappa shape index (κ1) is 18.0. The quantitative estimate of drug-likeness (QED) is 0.534. The number of carbonyl (C=O) groups excluding carboxylic acids is 1. The number of hydrogen-bond donors (Lipinski definition) is 3. The van der Waals surface area contributed by atoms with Crippen LogP contribution >= 0.6 is 0 Å². The molecular formula is C19H18FN3O2. The molecule has 0 fully saturated rings. The number of phenols is 1. The largest absolute Gasteiger partial charge is 0.508 e. The zero-order valence-corrected chi connectivity index (χ0v) is 13.5. The Morgan fingerprint density at radius 3 is 2.64 bits per heavy atom.